The molecule has 0 spiro atoms. The minimum Gasteiger partial charge on any atom is -0.299 e. The average Bonchev–Trinajstić information content (AvgIpc) is 2.10. The van der Waals surface area contributed by atoms with Crippen LogP contribution in [-0.4, -0.2) is 5.78 Å². The molecule has 2 aliphatic carbocycles. The number of ketones is 1. The van der Waals surface area contributed by atoms with Crippen LogP contribution in [0.3, 0.4) is 0 Å². The molecule has 0 aromatic carbocycles. The summed E-state index contributed by atoms with van der Waals surface area (Å²) in [6.07, 6.45) is 4.33. The lowest BCUT2D eigenvalue weighted by Gasteiger charge is -2.50. The first-order chi connectivity index (χ1) is 6.76. The Morgan fingerprint density at radius 3 is 2.40 bits per heavy atom. The number of carbonyl (C=O) groups excluding carboxylic acids is 1. The summed E-state index contributed by atoms with van der Waals surface area (Å²) >= 11 is 0. The van der Waals surface area contributed by atoms with E-state index in [0.29, 0.717) is 17.6 Å². The lowest BCUT2D eigenvalue weighted by Crippen LogP contribution is -2.46. The van der Waals surface area contributed by atoms with E-state index in [0.717, 1.165) is 6.42 Å². The molecule has 2 rings (SSSR count). The smallest absolute Gasteiger partial charge is 0.139 e. The summed E-state index contributed by atoms with van der Waals surface area (Å²) in [4.78, 5) is 12.1. The molecule has 1 heteroatoms. The van der Waals surface area contributed by atoms with Crippen molar-refractivity contribution < 1.29 is 4.79 Å². The zero-order chi connectivity index (χ0) is 11.4. The molecule has 0 radical (unpaired) electrons. The summed E-state index contributed by atoms with van der Waals surface area (Å²) in [7, 11) is 0. The van der Waals surface area contributed by atoms with E-state index < -0.39 is 0 Å². The van der Waals surface area contributed by atoms with Gasteiger partial charge in [0, 0.05) is 11.8 Å². The zero-order valence-corrected chi connectivity index (χ0v) is 10.6. The van der Waals surface area contributed by atoms with Crippen LogP contribution < -0.4 is 0 Å². The highest BCUT2D eigenvalue weighted by Gasteiger charge is 2.49. The van der Waals surface area contributed by atoms with Crippen LogP contribution in [0.15, 0.2) is 11.6 Å². The van der Waals surface area contributed by atoms with Gasteiger partial charge in [0.2, 0.25) is 0 Å². The third-order valence-corrected chi connectivity index (χ3v) is 5.10. The molecular formula is C14H22O. The van der Waals surface area contributed by atoms with E-state index in [1.807, 2.05) is 0 Å². The summed E-state index contributed by atoms with van der Waals surface area (Å²) < 4.78 is 0. The van der Waals surface area contributed by atoms with Gasteiger partial charge < -0.3 is 0 Å². The molecule has 0 aromatic heterocycles. The molecule has 0 unspecified atom stereocenters. The maximum atomic E-state index is 12.1. The molecule has 2 atom stereocenters. The van der Waals surface area contributed by atoms with Gasteiger partial charge in [-0.3, -0.25) is 4.79 Å². The van der Waals surface area contributed by atoms with E-state index in [1.54, 1.807) is 0 Å². The van der Waals surface area contributed by atoms with Crippen LogP contribution in [0.5, 0.6) is 0 Å². The Kier molecular flexibility index (Phi) is 2.15. The Labute approximate surface area is 92.9 Å². The van der Waals surface area contributed by atoms with Crippen molar-refractivity contribution in [2.75, 3.05) is 0 Å². The minimum atomic E-state index is -0.131. The van der Waals surface area contributed by atoms with Gasteiger partial charge >= 0.3 is 0 Å². The molecule has 1 saturated carbocycles. The number of allylic oxidation sites excluding steroid dienone is 2. The topological polar surface area (TPSA) is 17.1 Å². The predicted octanol–water partition coefficient (Wildman–Crippen LogP) is 3.59. The Balaban J connectivity index is 2.45. The molecule has 0 aromatic rings. The molecular weight excluding hydrogens is 184 g/mol. The van der Waals surface area contributed by atoms with Gasteiger partial charge in [0.15, 0.2) is 0 Å². The molecule has 2 bridgehead atoms. The standard InChI is InChI=1S/C14H22O/c1-9-6-10-7-11(13(9,2)3)8-12(15)14(10,4)5/h6,10-11H,7-8H2,1-5H3/t10-,11+/m0/s1. The van der Waals surface area contributed by atoms with Crippen molar-refractivity contribution in [1.29, 1.82) is 0 Å². The fourth-order valence-corrected chi connectivity index (χ4v) is 3.04. The normalized spacial score (nSPS) is 37.4. The molecule has 15 heavy (non-hydrogen) atoms. The van der Waals surface area contributed by atoms with Crippen molar-refractivity contribution in [1.82, 2.24) is 0 Å². The largest absolute Gasteiger partial charge is 0.299 e. The summed E-state index contributed by atoms with van der Waals surface area (Å²) in [6, 6.07) is 0. The first-order valence-electron chi connectivity index (χ1n) is 5.98. The van der Waals surface area contributed by atoms with Crippen molar-refractivity contribution in [3.63, 3.8) is 0 Å². The van der Waals surface area contributed by atoms with Gasteiger partial charge in [0.25, 0.3) is 0 Å². The molecule has 2 aliphatic rings. The van der Waals surface area contributed by atoms with Crippen LogP contribution in [0.25, 0.3) is 0 Å². The second kappa shape index (κ2) is 2.96. The van der Waals surface area contributed by atoms with E-state index in [2.05, 4.69) is 40.7 Å². The minimum absolute atomic E-state index is 0.131. The van der Waals surface area contributed by atoms with Crippen molar-refractivity contribution in [3.8, 4) is 0 Å². The third-order valence-electron chi connectivity index (χ3n) is 5.10. The molecule has 0 N–H and O–H groups in total. The fourth-order valence-electron chi connectivity index (χ4n) is 3.04. The van der Waals surface area contributed by atoms with Gasteiger partial charge in [0.05, 0.1) is 0 Å². The van der Waals surface area contributed by atoms with Crippen molar-refractivity contribution in [2.24, 2.45) is 22.7 Å². The van der Waals surface area contributed by atoms with E-state index in [1.165, 1.54) is 12.0 Å². The molecule has 84 valence electrons. The zero-order valence-electron chi connectivity index (χ0n) is 10.6. The van der Waals surface area contributed by atoms with Crippen molar-refractivity contribution in [2.45, 2.75) is 47.5 Å². The number of hydrogen-bond acceptors (Lipinski definition) is 1. The lowest BCUT2D eigenvalue weighted by molar-refractivity contribution is -0.135. The molecule has 0 heterocycles. The fraction of sp³-hybridized carbons (Fsp3) is 0.786. The van der Waals surface area contributed by atoms with Crippen LogP contribution in [0, 0.1) is 22.7 Å². The Morgan fingerprint density at radius 2 is 1.80 bits per heavy atom. The maximum Gasteiger partial charge on any atom is 0.139 e. The van der Waals surface area contributed by atoms with Crippen LogP contribution in [0.1, 0.15) is 47.5 Å². The highest BCUT2D eigenvalue weighted by atomic mass is 16.1. The summed E-state index contributed by atoms with van der Waals surface area (Å²) in [6.45, 7) is 11.0. The second-order valence-electron chi connectivity index (χ2n) is 6.46. The van der Waals surface area contributed by atoms with Gasteiger partial charge in [-0.1, -0.05) is 39.3 Å². The van der Waals surface area contributed by atoms with Crippen LogP contribution in [0.4, 0.5) is 0 Å². The predicted molar refractivity (Wildman–Crippen MR) is 62.5 cm³/mol. The van der Waals surface area contributed by atoms with Crippen LogP contribution in [0.2, 0.25) is 0 Å². The number of hydrogen-bond donors (Lipinski definition) is 0. The summed E-state index contributed by atoms with van der Waals surface area (Å²) in [5.41, 5.74) is 1.57. The summed E-state index contributed by atoms with van der Waals surface area (Å²) in [5.74, 6) is 1.49. The Morgan fingerprint density at radius 1 is 1.20 bits per heavy atom. The number of rotatable bonds is 0. The van der Waals surface area contributed by atoms with Crippen molar-refractivity contribution in [3.05, 3.63) is 11.6 Å². The first-order valence-corrected chi connectivity index (χ1v) is 5.98. The molecule has 0 amide bonds. The SMILES string of the molecule is CC1=C[C@H]2C[C@H](CC(=O)C2(C)C)C1(C)C. The van der Waals surface area contributed by atoms with Gasteiger partial charge in [-0.05, 0) is 30.6 Å². The quantitative estimate of drug-likeness (QED) is 0.553. The van der Waals surface area contributed by atoms with E-state index in [9.17, 15) is 4.79 Å². The van der Waals surface area contributed by atoms with Gasteiger partial charge in [-0.15, -0.1) is 0 Å². The second-order valence-corrected chi connectivity index (χ2v) is 6.46. The maximum absolute atomic E-state index is 12.1. The van der Waals surface area contributed by atoms with Crippen LogP contribution in [-0.2, 0) is 4.79 Å². The molecule has 1 fully saturated rings. The number of fused-ring (bicyclic) bond motifs is 2. The highest BCUT2D eigenvalue weighted by Crippen LogP contribution is 2.53. The Hall–Kier alpha value is -0.590. The van der Waals surface area contributed by atoms with Gasteiger partial charge in [-0.2, -0.15) is 0 Å². The van der Waals surface area contributed by atoms with E-state index in [-0.39, 0.29) is 10.8 Å². The molecule has 0 aliphatic heterocycles. The number of Topliss-reactive ketones (excluding diaryl/α,β-unsaturated/α-hetero) is 1. The van der Waals surface area contributed by atoms with Gasteiger partial charge in [-0.25, -0.2) is 0 Å². The average molecular weight is 206 g/mol. The first kappa shape index (κ1) is 10.9. The van der Waals surface area contributed by atoms with E-state index in [4.69, 9.17) is 0 Å². The van der Waals surface area contributed by atoms with Crippen LogP contribution >= 0.6 is 0 Å². The molecule has 0 saturated heterocycles. The molecule has 1 nitrogen and oxygen atoms in total. The highest BCUT2D eigenvalue weighted by molar-refractivity contribution is 5.86. The monoisotopic (exact) mass is 206 g/mol. The Bertz CT molecular complexity index is 331. The van der Waals surface area contributed by atoms with Crippen molar-refractivity contribution >= 4 is 5.78 Å². The lowest BCUT2D eigenvalue weighted by atomic mass is 9.54. The number of carbonyl (C=O) groups is 1. The third kappa shape index (κ3) is 1.39. The van der Waals surface area contributed by atoms with E-state index >= 15 is 0 Å². The summed E-state index contributed by atoms with van der Waals surface area (Å²) in [5, 5.41) is 0. The van der Waals surface area contributed by atoms with Gasteiger partial charge in [0.1, 0.15) is 5.78 Å².